The third kappa shape index (κ3) is 0.465. The van der Waals surface area contributed by atoms with E-state index in [2.05, 4.69) is 0 Å². The molecule has 0 aliphatic heterocycles. The fourth-order valence-electron chi connectivity index (χ4n) is 0.726. The molecule has 2 rings (SSSR count). The molecule has 0 aromatic carbocycles. The first-order chi connectivity index (χ1) is 4.64. The van der Waals surface area contributed by atoms with Gasteiger partial charge in [0.1, 0.15) is 0 Å². The summed E-state index contributed by atoms with van der Waals surface area (Å²) in [5, 5.41) is 0. The van der Waals surface area contributed by atoms with Crippen molar-refractivity contribution in [1.29, 1.82) is 0 Å². The van der Waals surface area contributed by atoms with Gasteiger partial charge in [-0.25, -0.2) is 17.6 Å². The summed E-state index contributed by atoms with van der Waals surface area (Å²) in [6.45, 7) is 0. The van der Waals surface area contributed by atoms with Crippen LogP contribution in [0.4, 0.5) is 17.6 Å². The molecule has 4 heteroatoms. The lowest BCUT2D eigenvalue weighted by Gasteiger charge is -1.69. The molecule has 0 atom stereocenters. The molecule has 2 aliphatic carbocycles. The topological polar surface area (TPSA) is 0 Å². The Morgan fingerprint density at radius 1 is 0.500 bits per heavy atom. The van der Waals surface area contributed by atoms with Crippen LogP contribution in [0.5, 0.6) is 0 Å². The van der Waals surface area contributed by atoms with Gasteiger partial charge in [0.25, 0.3) is 0 Å². The van der Waals surface area contributed by atoms with Crippen LogP contribution in [0, 0.1) is 0 Å². The van der Waals surface area contributed by atoms with E-state index in [1.807, 2.05) is 0 Å². The highest BCUT2D eigenvalue weighted by atomic mass is 19.2. The summed E-state index contributed by atoms with van der Waals surface area (Å²) in [6, 6.07) is 0. The second kappa shape index (κ2) is 1.33. The van der Waals surface area contributed by atoms with Gasteiger partial charge >= 0.3 is 0 Å². The molecule has 0 radical (unpaired) electrons. The Hall–Kier alpha value is -1.06. The van der Waals surface area contributed by atoms with Gasteiger partial charge in [-0.3, -0.25) is 0 Å². The van der Waals surface area contributed by atoms with E-state index in [0.717, 1.165) is 0 Å². The number of hydrogen-bond acceptors (Lipinski definition) is 0. The molecular weight excluding hydrogens is 148 g/mol. The summed E-state index contributed by atoms with van der Waals surface area (Å²) < 4.78 is 47.6. The molecule has 0 nitrogen and oxygen atoms in total. The van der Waals surface area contributed by atoms with Crippen molar-refractivity contribution in [2.45, 2.75) is 0 Å². The Kier molecular flexibility index (Phi) is 0.760. The zero-order chi connectivity index (χ0) is 7.46. The summed E-state index contributed by atoms with van der Waals surface area (Å²) in [7, 11) is 0. The average Bonchev–Trinajstić information content (AvgIpc) is 2.62. The average molecular weight is 148 g/mol. The predicted octanol–water partition coefficient (Wildman–Crippen LogP) is 2.61. The quantitative estimate of drug-likeness (QED) is 0.463. The van der Waals surface area contributed by atoms with Crippen molar-refractivity contribution in [3.63, 3.8) is 0 Å². The van der Waals surface area contributed by atoms with E-state index >= 15 is 0 Å². The predicted molar refractivity (Wildman–Crippen MR) is 25.5 cm³/mol. The smallest absolute Gasteiger partial charge is 0.170 e. The van der Waals surface area contributed by atoms with E-state index in [1.165, 1.54) is 0 Å². The minimum Gasteiger partial charge on any atom is -0.203 e. The lowest BCUT2D eigenvalue weighted by atomic mass is 10.4. The highest BCUT2D eigenvalue weighted by Gasteiger charge is 2.45. The molecule has 0 aromatic heterocycles. The van der Waals surface area contributed by atoms with Crippen LogP contribution in [0.3, 0.4) is 0 Å². The van der Waals surface area contributed by atoms with Crippen LogP contribution in [0.1, 0.15) is 0 Å². The Morgan fingerprint density at radius 2 is 0.700 bits per heavy atom. The van der Waals surface area contributed by atoms with Crippen LogP contribution in [-0.2, 0) is 0 Å². The lowest BCUT2D eigenvalue weighted by Crippen LogP contribution is -1.58. The first kappa shape index (κ1) is 5.70. The maximum absolute atomic E-state index is 11.9. The van der Waals surface area contributed by atoms with Crippen LogP contribution in [0.25, 0.3) is 0 Å². The fourth-order valence-corrected chi connectivity index (χ4v) is 0.726. The van der Waals surface area contributed by atoms with Gasteiger partial charge in [-0.05, 0) is 0 Å². The number of hydrogen-bond donors (Lipinski definition) is 0. The van der Waals surface area contributed by atoms with Crippen LogP contribution < -0.4 is 0 Å². The van der Waals surface area contributed by atoms with Crippen LogP contribution in [0.2, 0.25) is 0 Å². The first-order valence-corrected chi connectivity index (χ1v) is 2.51. The molecule has 0 bridgehead atoms. The zero-order valence-corrected chi connectivity index (χ0v) is 4.51. The Morgan fingerprint density at radius 3 is 0.800 bits per heavy atom. The zero-order valence-electron chi connectivity index (χ0n) is 4.51. The van der Waals surface area contributed by atoms with Crippen molar-refractivity contribution in [3.8, 4) is 0 Å². The van der Waals surface area contributed by atoms with Crippen molar-refractivity contribution in [2.24, 2.45) is 0 Å². The Labute approximate surface area is 53.1 Å². The molecule has 10 heavy (non-hydrogen) atoms. The monoisotopic (exact) mass is 148 g/mol. The highest BCUT2D eigenvalue weighted by Crippen LogP contribution is 2.54. The van der Waals surface area contributed by atoms with Gasteiger partial charge in [-0.15, -0.1) is 0 Å². The van der Waals surface area contributed by atoms with Crippen molar-refractivity contribution < 1.29 is 17.6 Å². The summed E-state index contributed by atoms with van der Waals surface area (Å²) in [6.07, 6.45) is 0. The van der Waals surface area contributed by atoms with E-state index in [4.69, 9.17) is 0 Å². The van der Waals surface area contributed by atoms with Crippen LogP contribution in [0.15, 0.2) is 34.5 Å². The molecule has 0 spiro atoms. The maximum atomic E-state index is 11.9. The van der Waals surface area contributed by atoms with Gasteiger partial charge in [0, 0.05) is 0 Å². The van der Waals surface area contributed by atoms with Gasteiger partial charge in [0.05, 0.1) is 11.1 Å². The third-order valence-electron chi connectivity index (χ3n) is 1.39. The molecule has 0 aromatic rings. The molecule has 0 saturated carbocycles. The molecule has 0 heterocycles. The number of halogens is 4. The minimum absolute atomic E-state index is 0.532. The Bertz CT molecular complexity index is 259. The Balaban J connectivity index is 2.29. The van der Waals surface area contributed by atoms with E-state index in [0.29, 0.717) is 0 Å². The van der Waals surface area contributed by atoms with Gasteiger partial charge < -0.3 is 0 Å². The summed E-state index contributed by atoms with van der Waals surface area (Å²) in [4.78, 5) is 0. The van der Waals surface area contributed by atoms with Gasteiger partial charge in [-0.1, -0.05) is 0 Å². The van der Waals surface area contributed by atoms with Crippen molar-refractivity contribution in [2.75, 3.05) is 0 Å². The SMILES string of the molecule is FC1=C(F)C1=C1C(F)=C1F. The normalized spacial score (nSPS) is 22.8. The van der Waals surface area contributed by atoms with Crippen LogP contribution in [-0.4, -0.2) is 0 Å². The first-order valence-electron chi connectivity index (χ1n) is 2.51. The maximum Gasteiger partial charge on any atom is 0.170 e. The second-order valence-electron chi connectivity index (χ2n) is 2.01. The highest BCUT2D eigenvalue weighted by molar-refractivity contribution is 5.75. The molecule has 0 amide bonds. The molecule has 0 N–H and O–H groups in total. The van der Waals surface area contributed by atoms with Crippen molar-refractivity contribution in [1.82, 2.24) is 0 Å². The van der Waals surface area contributed by atoms with Gasteiger partial charge in [-0.2, -0.15) is 0 Å². The largest absolute Gasteiger partial charge is 0.203 e. The molecule has 0 fully saturated rings. The molecule has 0 unspecified atom stereocenters. The summed E-state index contributed by atoms with van der Waals surface area (Å²) in [5.74, 6) is -4.51. The minimum atomic E-state index is -1.13. The fraction of sp³-hybridized carbons (Fsp3) is 0. The van der Waals surface area contributed by atoms with E-state index in [1.54, 1.807) is 0 Å². The van der Waals surface area contributed by atoms with Gasteiger partial charge in [0.15, 0.2) is 23.3 Å². The van der Waals surface area contributed by atoms with Crippen molar-refractivity contribution >= 4 is 0 Å². The summed E-state index contributed by atoms with van der Waals surface area (Å²) >= 11 is 0. The number of allylic oxidation sites excluding steroid dienone is 6. The van der Waals surface area contributed by atoms with Gasteiger partial charge in [0.2, 0.25) is 0 Å². The van der Waals surface area contributed by atoms with Crippen molar-refractivity contribution in [3.05, 3.63) is 34.5 Å². The van der Waals surface area contributed by atoms with Crippen LogP contribution >= 0.6 is 0 Å². The standard InChI is InChI=1S/C6F4/c7-3-1(4(3)8)2-5(9)6(2)10. The van der Waals surface area contributed by atoms with E-state index < -0.39 is 34.5 Å². The third-order valence-corrected chi connectivity index (χ3v) is 1.39. The lowest BCUT2D eigenvalue weighted by molar-refractivity contribution is 0.645. The second-order valence-corrected chi connectivity index (χ2v) is 2.01. The molecule has 2 aliphatic rings. The molecular formula is C6F4. The molecule has 0 saturated heterocycles. The number of rotatable bonds is 0. The van der Waals surface area contributed by atoms with E-state index in [-0.39, 0.29) is 0 Å². The molecule has 52 valence electrons. The summed E-state index contributed by atoms with van der Waals surface area (Å²) in [5.41, 5.74) is -1.06. The van der Waals surface area contributed by atoms with E-state index in [9.17, 15) is 17.6 Å².